The zero-order chi connectivity index (χ0) is 24.5. The number of nitrogens with one attached hydrogen (secondary N) is 3. The highest BCUT2D eigenvalue weighted by molar-refractivity contribution is 7.88. The lowest BCUT2D eigenvalue weighted by Crippen LogP contribution is -2.43. The van der Waals surface area contributed by atoms with Crippen molar-refractivity contribution < 1.29 is 21.9 Å². The molecule has 2 aromatic heterocycles. The molecule has 0 unspecified atom stereocenters. The third-order valence-corrected chi connectivity index (χ3v) is 7.22. The van der Waals surface area contributed by atoms with Crippen LogP contribution < -0.4 is 10.1 Å². The van der Waals surface area contributed by atoms with Crippen molar-refractivity contribution in [1.82, 2.24) is 19.6 Å². The second-order valence-corrected chi connectivity index (χ2v) is 10.1. The summed E-state index contributed by atoms with van der Waals surface area (Å²) >= 11 is 0. The van der Waals surface area contributed by atoms with E-state index in [4.69, 9.17) is 10.1 Å². The highest BCUT2D eigenvalue weighted by Gasteiger charge is 2.24. The molecule has 3 heterocycles. The molecule has 0 amide bonds. The summed E-state index contributed by atoms with van der Waals surface area (Å²) in [4.78, 5) is 7.40. The normalized spacial score (nSPS) is 16.1. The summed E-state index contributed by atoms with van der Waals surface area (Å²) in [5, 5.41) is 11.8. The fourth-order valence-corrected chi connectivity index (χ4v) is 5.00. The third kappa shape index (κ3) is 4.80. The molecule has 0 bridgehead atoms. The number of piperidine rings is 1. The fraction of sp³-hybridized carbons (Fsp3) is 0.304. The van der Waals surface area contributed by atoms with Crippen LogP contribution in [0.4, 0.5) is 8.78 Å². The van der Waals surface area contributed by atoms with Crippen molar-refractivity contribution in [3.05, 3.63) is 54.0 Å². The Kier molecular flexibility index (Phi) is 6.67. The number of ether oxygens (including phenoxy) is 1. The number of benzene rings is 1. The van der Waals surface area contributed by atoms with Gasteiger partial charge in [-0.3, -0.25) is 0 Å². The number of aromatic amines is 1. The maximum absolute atomic E-state index is 14.3. The van der Waals surface area contributed by atoms with Gasteiger partial charge >= 0.3 is 0 Å². The molecule has 1 saturated heterocycles. The lowest BCUT2D eigenvalue weighted by atomic mass is 10.0. The number of fused-ring (bicyclic) bond motifs is 1. The topological polar surface area (TPSA) is 111 Å². The van der Waals surface area contributed by atoms with Gasteiger partial charge in [0.05, 0.1) is 13.4 Å². The maximum atomic E-state index is 14.3. The van der Waals surface area contributed by atoms with Crippen LogP contribution in [0, 0.1) is 17.0 Å². The molecule has 3 N–H and O–H groups in total. The number of methoxy groups -OCH3 is 1. The standard InChI is InChI=1S/C23H25F2N5O3S/c1-33-22-18(8-16(24)9-21(22)25)20-13-29-23-19(20)7-14(11-28-23)15(10-26)12-27-17-3-5-30(6-4-17)34(2,31)32/h7-13,17,26-27H,3-6H2,1-2H3,(H,28,29)/b15-12+,26-10?. The number of hydrogen-bond acceptors (Lipinski definition) is 6. The summed E-state index contributed by atoms with van der Waals surface area (Å²) < 4.78 is 58.2. The minimum absolute atomic E-state index is 0.0716. The van der Waals surface area contributed by atoms with Crippen molar-refractivity contribution in [3.63, 3.8) is 0 Å². The number of pyridine rings is 1. The molecule has 1 aliphatic rings. The van der Waals surface area contributed by atoms with Crippen LogP contribution in [0.1, 0.15) is 18.4 Å². The molecule has 8 nitrogen and oxygen atoms in total. The summed E-state index contributed by atoms with van der Waals surface area (Å²) in [6.45, 7) is 0.882. The van der Waals surface area contributed by atoms with Gasteiger partial charge in [-0.05, 0) is 25.0 Å². The molecule has 11 heteroatoms. The monoisotopic (exact) mass is 489 g/mol. The number of rotatable bonds is 7. The van der Waals surface area contributed by atoms with E-state index in [9.17, 15) is 17.2 Å². The van der Waals surface area contributed by atoms with Crippen LogP contribution in [-0.4, -0.2) is 61.4 Å². The predicted octanol–water partition coefficient (Wildman–Crippen LogP) is 3.52. The first-order valence-corrected chi connectivity index (χ1v) is 12.5. The van der Waals surface area contributed by atoms with Gasteiger partial charge in [-0.2, -0.15) is 0 Å². The van der Waals surface area contributed by atoms with E-state index in [1.807, 2.05) is 0 Å². The number of hydrogen-bond donors (Lipinski definition) is 3. The molecule has 4 rings (SSSR count). The quantitative estimate of drug-likeness (QED) is 0.440. The second-order valence-electron chi connectivity index (χ2n) is 8.14. The molecule has 0 saturated carbocycles. The number of H-pyrrole nitrogens is 1. The van der Waals surface area contributed by atoms with E-state index in [-0.39, 0.29) is 17.4 Å². The van der Waals surface area contributed by atoms with Crippen LogP contribution in [0.15, 0.2) is 36.8 Å². The Labute approximate surface area is 196 Å². The molecule has 1 aromatic carbocycles. The average molecular weight is 490 g/mol. The van der Waals surface area contributed by atoms with Crippen molar-refractivity contribution in [2.24, 2.45) is 0 Å². The van der Waals surface area contributed by atoms with Crippen LogP contribution in [-0.2, 0) is 10.0 Å². The largest absolute Gasteiger partial charge is 0.493 e. The van der Waals surface area contributed by atoms with Crippen molar-refractivity contribution in [3.8, 4) is 16.9 Å². The highest BCUT2D eigenvalue weighted by atomic mass is 32.2. The summed E-state index contributed by atoms with van der Waals surface area (Å²) in [6, 6.07) is 3.84. The minimum atomic E-state index is -3.19. The second kappa shape index (κ2) is 9.51. The number of halogens is 2. The lowest BCUT2D eigenvalue weighted by molar-refractivity contribution is 0.305. The van der Waals surface area contributed by atoms with Crippen molar-refractivity contribution in [2.45, 2.75) is 18.9 Å². The van der Waals surface area contributed by atoms with Crippen LogP contribution in [0.3, 0.4) is 0 Å². The zero-order valence-corrected chi connectivity index (χ0v) is 19.5. The van der Waals surface area contributed by atoms with Gasteiger partial charge in [-0.25, -0.2) is 26.5 Å². The van der Waals surface area contributed by atoms with Gasteiger partial charge in [0, 0.05) is 77.7 Å². The molecule has 3 aromatic rings. The number of sulfonamides is 1. The van der Waals surface area contributed by atoms with Gasteiger partial charge in [-0.15, -0.1) is 0 Å². The molecule has 180 valence electrons. The molecule has 0 aliphatic carbocycles. The van der Waals surface area contributed by atoms with E-state index in [0.29, 0.717) is 53.7 Å². The van der Waals surface area contributed by atoms with E-state index in [2.05, 4.69) is 15.3 Å². The van der Waals surface area contributed by atoms with Gasteiger partial charge in [-0.1, -0.05) is 0 Å². The Balaban J connectivity index is 1.62. The Morgan fingerprint density at radius 3 is 2.65 bits per heavy atom. The number of aromatic nitrogens is 2. The van der Waals surface area contributed by atoms with Gasteiger partial charge in [0.25, 0.3) is 0 Å². The van der Waals surface area contributed by atoms with E-state index >= 15 is 0 Å². The molecule has 1 fully saturated rings. The van der Waals surface area contributed by atoms with Crippen molar-refractivity contribution in [1.29, 1.82) is 5.41 Å². The van der Waals surface area contributed by atoms with Crippen molar-refractivity contribution >= 4 is 32.8 Å². The van der Waals surface area contributed by atoms with Crippen LogP contribution >= 0.6 is 0 Å². The summed E-state index contributed by atoms with van der Waals surface area (Å²) in [6.07, 6.45) is 8.64. The highest BCUT2D eigenvalue weighted by Crippen LogP contribution is 2.37. The Morgan fingerprint density at radius 1 is 1.26 bits per heavy atom. The van der Waals surface area contributed by atoms with Crippen LogP contribution in [0.2, 0.25) is 0 Å². The van der Waals surface area contributed by atoms with E-state index in [0.717, 1.165) is 6.07 Å². The van der Waals surface area contributed by atoms with E-state index in [1.165, 1.54) is 30.0 Å². The fourth-order valence-electron chi connectivity index (χ4n) is 4.12. The zero-order valence-electron chi connectivity index (χ0n) is 18.7. The summed E-state index contributed by atoms with van der Waals surface area (Å²) in [7, 11) is -1.87. The first-order valence-electron chi connectivity index (χ1n) is 10.6. The SMILES string of the molecule is COc1c(F)cc(F)cc1-c1c[nH]c2ncc(/C(C=N)=C/NC3CCN(S(C)(=O)=O)CC3)cc12. The summed E-state index contributed by atoms with van der Waals surface area (Å²) in [5.74, 6) is -1.60. The van der Waals surface area contributed by atoms with Gasteiger partial charge < -0.3 is 20.4 Å². The predicted molar refractivity (Wildman–Crippen MR) is 127 cm³/mol. The molecule has 1 aliphatic heterocycles. The van der Waals surface area contributed by atoms with E-state index < -0.39 is 21.7 Å². The van der Waals surface area contributed by atoms with Gasteiger partial charge in [0.15, 0.2) is 11.6 Å². The van der Waals surface area contributed by atoms with Gasteiger partial charge in [0.1, 0.15) is 11.5 Å². The molecular weight excluding hydrogens is 464 g/mol. The molecule has 34 heavy (non-hydrogen) atoms. The Hall–Kier alpha value is -3.31. The maximum Gasteiger partial charge on any atom is 0.211 e. The van der Waals surface area contributed by atoms with Gasteiger partial charge in [0.2, 0.25) is 10.0 Å². The molecule has 0 radical (unpaired) electrons. The minimum Gasteiger partial charge on any atom is -0.493 e. The number of nitrogens with zero attached hydrogens (tertiary/aromatic N) is 2. The van der Waals surface area contributed by atoms with E-state index in [1.54, 1.807) is 24.7 Å². The Morgan fingerprint density at radius 2 is 2.00 bits per heavy atom. The summed E-state index contributed by atoms with van der Waals surface area (Å²) in [5.41, 5.74) is 2.49. The number of allylic oxidation sites excluding steroid dienone is 1. The Bertz CT molecular complexity index is 1360. The lowest BCUT2D eigenvalue weighted by Gasteiger charge is -2.30. The van der Waals surface area contributed by atoms with Crippen LogP contribution in [0.25, 0.3) is 27.7 Å². The first-order chi connectivity index (χ1) is 16.2. The van der Waals surface area contributed by atoms with Crippen LogP contribution in [0.5, 0.6) is 5.75 Å². The first kappa shape index (κ1) is 23.8. The molecular formula is C23H25F2N5O3S. The molecule has 0 atom stereocenters. The third-order valence-electron chi connectivity index (χ3n) is 5.92. The molecule has 0 spiro atoms. The smallest absolute Gasteiger partial charge is 0.211 e. The average Bonchev–Trinajstić information content (AvgIpc) is 3.22. The van der Waals surface area contributed by atoms with Crippen molar-refractivity contribution in [2.75, 3.05) is 26.5 Å².